The number of pyridine rings is 1. The van der Waals surface area contributed by atoms with E-state index in [0.29, 0.717) is 23.4 Å². The van der Waals surface area contributed by atoms with E-state index in [-0.39, 0.29) is 12.7 Å². The number of fused-ring (bicyclic) bond motifs is 1. The molecule has 136 valence electrons. The van der Waals surface area contributed by atoms with E-state index in [0.717, 1.165) is 23.9 Å². The van der Waals surface area contributed by atoms with E-state index in [9.17, 15) is 10.2 Å². The Morgan fingerprint density at radius 3 is 2.84 bits per heavy atom. The number of imidazole rings is 1. The van der Waals surface area contributed by atoms with Gasteiger partial charge in [0, 0.05) is 18.5 Å². The van der Waals surface area contributed by atoms with Gasteiger partial charge in [0.15, 0.2) is 12.0 Å². The molecule has 2 aromatic rings. The van der Waals surface area contributed by atoms with Crippen LogP contribution < -0.4 is 5.32 Å². The van der Waals surface area contributed by atoms with Crippen LogP contribution in [0.5, 0.6) is 0 Å². The number of nitrogens with one attached hydrogen (secondary N) is 1. The number of aliphatic hydroxyl groups is 2. The number of anilines is 1. The second kappa shape index (κ2) is 7.07. The highest BCUT2D eigenvalue weighted by molar-refractivity contribution is 6.30. The zero-order chi connectivity index (χ0) is 17.4. The fourth-order valence-corrected chi connectivity index (χ4v) is 4.03. The van der Waals surface area contributed by atoms with Gasteiger partial charge in [-0.05, 0) is 12.8 Å². The molecule has 1 aliphatic heterocycles. The molecule has 3 N–H and O–H groups in total. The lowest BCUT2D eigenvalue weighted by Gasteiger charge is -2.23. The average molecular weight is 367 g/mol. The first-order valence-electron chi connectivity index (χ1n) is 8.89. The molecule has 7 nitrogen and oxygen atoms in total. The van der Waals surface area contributed by atoms with Gasteiger partial charge in [-0.3, -0.25) is 0 Å². The molecular formula is C17H23ClN4O3. The third kappa shape index (κ3) is 3.33. The molecule has 2 aromatic heterocycles. The number of hydrogen-bond donors (Lipinski definition) is 3. The second-order valence-corrected chi connectivity index (χ2v) is 7.31. The van der Waals surface area contributed by atoms with Crippen LogP contribution in [-0.4, -0.2) is 49.6 Å². The average Bonchev–Trinajstić information content (AvgIpc) is 3.18. The molecule has 4 rings (SSSR count). The van der Waals surface area contributed by atoms with Crippen molar-refractivity contribution in [3.63, 3.8) is 0 Å². The number of aliphatic hydroxyl groups excluding tert-OH is 2. The van der Waals surface area contributed by atoms with Crippen molar-refractivity contribution < 1.29 is 14.9 Å². The Morgan fingerprint density at radius 2 is 2.12 bits per heavy atom. The minimum absolute atomic E-state index is 0.114. The van der Waals surface area contributed by atoms with Gasteiger partial charge >= 0.3 is 0 Å². The van der Waals surface area contributed by atoms with E-state index in [1.165, 1.54) is 19.3 Å². The summed E-state index contributed by atoms with van der Waals surface area (Å²) in [5.41, 5.74) is 1.49. The molecule has 8 heteroatoms. The fraction of sp³-hybridized carbons (Fsp3) is 0.647. The predicted molar refractivity (Wildman–Crippen MR) is 94.7 cm³/mol. The summed E-state index contributed by atoms with van der Waals surface area (Å²) < 4.78 is 7.52. The Kier molecular flexibility index (Phi) is 4.82. The van der Waals surface area contributed by atoms with Crippen molar-refractivity contribution in [2.24, 2.45) is 0 Å². The van der Waals surface area contributed by atoms with Crippen LogP contribution in [0, 0.1) is 0 Å². The first-order valence-corrected chi connectivity index (χ1v) is 9.27. The SMILES string of the molecule is OC[C@@H]1C[C@@H](O)[C@H](n2cnc3c(NC4CCCCC4)nc(Cl)cc32)O1. The summed E-state index contributed by atoms with van der Waals surface area (Å²) in [6, 6.07) is 2.12. The smallest absolute Gasteiger partial charge is 0.161 e. The van der Waals surface area contributed by atoms with Crippen molar-refractivity contribution in [1.82, 2.24) is 14.5 Å². The molecule has 3 heterocycles. The molecule has 1 saturated carbocycles. The minimum atomic E-state index is -0.698. The molecule has 0 radical (unpaired) electrons. The van der Waals surface area contributed by atoms with Gasteiger partial charge in [0.05, 0.1) is 24.6 Å². The number of hydrogen-bond acceptors (Lipinski definition) is 6. The van der Waals surface area contributed by atoms with E-state index in [1.54, 1.807) is 17.0 Å². The zero-order valence-electron chi connectivity index (χ0n) is 13.9. The summed E-state index contributed by atoms with van der Waals surface area (Å²) in [7, 11) is 0. The number of nitrogens with zero attached hydrogens (tertiary/aromatic N) is 3. The van der Waals surface area contributed by atoms with Gasteiger partial charge in [-0.1, -0.05) is 30.9 Å². The van der Waals surface area contributed by atoms with Gasteiger partial charge in [-0.15, -0.1) is 0 Å². The molecule has 0 amide bonds. The summed E-state index contributed by atoms with van der Waals surface area (Å²) in [5.74, 6) is 0.680. The highest BCUT2D eigenvalue weighted by Gasteiger charge is 2.35. The number of aromatic nitrogens is 3. The predicted octanol–water partition coefficient (Wildman–Crippen LogP) is 2.47. The van der Waals surface area contributed by atoms with Gasteiger partial charge < -0.3 is 24.8 Å². The molecule has 2 aliphatic rings. The van der Waals surface area contributed by atoms with Crippen molar-refractivity contribution in [2.45, 2.75) is 63.0 Å². The Bertz CT molecular complexity index is 747. The van der Waals surface area contributed by atoms with E-state index < -0.39 is 12.3 Å². The molecule has 0 unspecified atom stereocenters. The molecule has 1 aliphatic carbocycles. The van der Waals surface area contributed by atoms with Crippen LogP contribution in [0.4, 0.5) is 5.82 Å². The van der Waals surface area contributed by atoms with E-state index in [4.69, 9.17) is 16.3 Å². The molecule has 25 heavy (non-hydrogen) atoms. The lowest BCUT2D eigenvalue weighted by molar-refractivity contribution is -0.0484. The molecule has 0 aromatic carbocycles. The van der Waals surface area contributed by atoms with Crippen molar-refractivity contribution in [2.75, 3.05) is 11.9 Å². The molecule has 2 fully saturated rings. The molecule has 0 bridgehead atoms. The third-order valence-corrected chi connectivity index (χ3v) is 5.31. The maximum atomic E-state index is 10.3. The first-order chi connectivity index (χ1) is 12.2. The van der Waals surface area contributed by atoms with Gasteiger partial charge in [-0.2, -0.15) is 0 Å². The summed E-state index contributed by atoms with van der Waals surface area (Å²) in [6.45, 7) is -0.114. The summed E-state index contributed by atoms with van der Waals surface area (Å²) >= 11 is 6.23. The van der Waals surface area contributed by atoms with Crippen molar-refractivity contribution in [3.05, 3.63) is 17.5 Å². The van der Waals surface area contributed by atoms with Gasteiger partial charge in [0.2, 0.25) is 0 Å². The highest BCUT2D eigenvalue weighted by atomic mass is 35.5. The van der Waals surface area contributed by atoms with Crippen LogP contribution in [-0.2, 0) is 4.74 Å². The van der Waals surface area contributed by atoms with Crippen LogP contribution in [0.3, 0.4) is 0 Å². The Balaban J connectivity index is 1.66. The molecular weight excluding hydrogens is 344 g/mol. The zero-order valence-corrected chi connectivity index (χ0v) is 14.7. The van der Waals surface area contributed by atoms with E-state index in [2.05, 4.69) is 15.3 Å². The minimum Gasteiger partial charge on any atom is -0.394 e. The van der Waals surface area contributed by atoms with Crippen LogP contribution in [0.25, 0.3) is 11.0 Å². The summed E-state index contributed by atoms with van der Waals surface area (Å²) in [4.78, 5) is 8.90. The second-order valence-electron chi connectivity index (χ2n) is 6.93. The first kappa shape index (κ1) is 17.0. The Labute approximate surface area is 151 Å². The topological polar surface area (TPSA) is 92.4 Å². The van der Waals surface area contributed by atoms with Crippen molar-refractivity contribution in [3.8, 4) is 0 Å². The quantitative estimate of drug-likeness (QED) is 0.720. The highest BCUT2D eigenvalue weighted by Crippen LogP contribution is 2.34. The fourth-order valence-electron chi connectivity index (χ4n) is 3.84. The van der Waals surface area contributed by atoms with Crippen LogP contribution >= 0.6 is 11.6 Å². The summed E-state index contributed by atoms with van der Waals surface area (Å²) in [5, 5.41) is 23.4. The summed E-state index contributed by atoms with van der Waals surface area (Å²) in [6.07, 6.45) is 6.37. The van der Waals surface area contributed by atoms with Crippen LogP contribution in [0.15, 0.2) is 12.4 Å². The molecule has 0 spiro atoms. The lowest BCUT2D eigenvalue weighted by atomic mass is 9.95. The monoisotopic (exact) mass is 366 g/mol. The van der Waals surface area contributed by atoms with Gasteiger partial charge in [0.1, 0.15) is 16.8 Å². The van der Waals surface area contributed by atoms with Crippen molar-refractivity contribution in [1.29, 1.82) is 0 Å². The third-order valence-electron chi connectivity index (χ3n) is 5.12. The van der Waals surface area contributed by atoms with E-state index in [1.807, 2.05) is 0 Å². The van der Waals surface area contributed by atoms with Crippen LogP contribution in [0.2, 0.25) is 5.15 Å². The van der Waals surface area contributed by atoms with Gasteiger partial charge in [0.25, 0.3) is 0 Å². The van der Waals surface area contributed by atoms with Crippen molar-refractivity contribution >= 4 is 28.5 Å². The number of ether oxygens (including phenoxy) is 1. The Morgan fingerprint density at radius 1 is 1.32 bits per heavy atom. The lowest BCUT2D eigenvalue weighted by Crippen LogP contribution is -2.23. The van der Waals surface area contributed by atoms with E-state index >= 15 is 0 Å². The maximum absolute atomic E-state index is 10.3. The van der Waals surface area contributed by atoms with Gasteiger partial charge in [-0.25, -0.2) is 9.97 Å². The molecule has 1 saturated heterocycles. The van der Waals surface area contributed by atoms with Crippen LogP contribution in [0.1, 0.15) is 44.8 Å². The normalized spacial score (nSPS) is 27.9. The Hall–Kier alpha value is -1.41. The largest absolute Gasteiger partial charge is 0.394 e. The maximum Gasteiger partial charge on any atom is 0.161 e. The molecule has 3 atom stereocenters. The number of halogens is 1. The number of rotatable bonds is 4. The standard InChI is InChI=1S/C17H23ClN4O3/c18-14-7-12-15(16(21-14)20-10-4-2-1-3-5-10)19-9-22(12)17-13(24)6-11(8-23)25-17/h7,9-11,13,17,23-24H,1-6,8H2,(H,20,21)/t11-,13+,17+/m0/s1.